The van der Waals surface area contributed by atoms with E-state index in [4.69, 9.17) is 0 Å². The van der Waals surface area contributed by atoms with E-state index in [1.807, 2.05) is 4.90 Å². The van der Waals surface area contributed by atoms with Gasteiger partial charge in [-0.15, -0.1) is 0 Å². The maximum Gasteiger partial charge on any atom is 0.327 e. The molecule has 3 aliphatic rings. The molecule has 0 bridgehead atoms. The van der Waals surface area contributed by atoms with Crippen molar-refractivity contribution in [2.24, 2.45) is 11.8 Å². The molecule has 1 aromatic rings. The van der Waals surface area contributed by atoms with Crippen LogP contribution in [-0.4, -0.2) is 64.4 Å². The van der Waals surface area contributed by atoms with Gasteiger partial charge >= 0.3 is 6.03 Å². The van der Waals surface area contributed by atoms with Crippen LogP contribution in [0.5, 0.6) is 0 Å². The van der Waals surface area contributed by atoms with Gasteiger partial charge in [-0.25, -0.2) is 4.79 Å². The predicted molar refractivity (Wildman–Crippen MR) is 119 cm³/mol. The first-order valence-corrected chi connectivity index (χ1v) is 11.8. The lowest BCUT2D eigenvalue weighted by Crippen LogP contribution is -2.58. The van der Waals surface area contributed by atoms with E-state index in [0.29, 0.717) is 25.0 Å². The van der Waals surface area contributed by atoms with Crippen LogP contribution >= 0.6 is 0 Å². The van der Waals surface area contributed by atoms with Crippen molar-refractivity contribution in [2.45, 2.75) is 71.4 Å². The van der Waals surface area contributed by atoms with Crippen LogP contribution in [0.2, 0.25) is 0 Å². The van der Waals surface area contributed by atoms with E-state index in [-0.39, 0.29) is 17.9 Å². The highest BCUT2D eigenvalue weighted by atomic mass is 16.2. The number of carbonyl (C=O) groups is 2. The summed E-state index contributed by atoms with van der Waals surface area (Å²) in [5.74, 6) is 0.859. The normalized spacial score (nSPS) is 22.2. The third kappa shape index (κ3) is 3.77. The molecule has 0 aromatic heterocycles. The molecule has 1 spiro atoms. The fourth-order valence-corrected chi connectivity index (χ4v) is 5.54. The topological polar surface area (TPSA) is 43.9 Å². The number of hydrogen-bond acceptors (Lipinski definition) is 3. The summed E-state index contributed by atoms with van der Waals surface area (Å²) in [6.45, 7) is 11.5. The molecule has 2 saturated heterocycles. The smallest absolute Gasteiger partial charge is 0.309 e. The van der Waals surface area contributed by atoms with E-state index in [1.165, 1.54) is 11.1 Å². The second-order valence-corrected chi connectivity index (χ2v) is 10.3. The number of amides is 3. The van der Waals surface area contributed by atoms with Gasteiger partial charge in [-0.3, -0.25) is 14.6 Å². The van der Waals surface area contributed by atoms with Gasteiger partial charge < -0.3 is 4.90 Å². The van der Waals surface area contributed by atoms with Crippen LogP contribution in [-0.2, 0) is 17.6 Å². The van der Waals surface area contributed by atoms with Crippen molar-refractivity contribution in [1.82, 2.24) is 14.7 Å². The summed E-state index contributed by atoms with van der Waals surface area (Å²) < 4.78 is 0. The Hall–Kier alpha value is -1.88. The van der Waals surface area contributed by atoms with Gasteiger partial charge in [0.2, 0.25) is 0 Å². The lowest BCUT2D eigenvalue weighted by Gasteiger charge is -2.44. The lowest BCUT2D eigenvalue weighted by atomic mass is 9.84. The summed E-state index contributed by atoms with van der Waals surface area (Å²) in [4.78, 5) is 32.8. The first kappa shape index (κ1) is 21.4. The second-order valence-electron chi connectivity index (χ2n) is 10.3. The Labute approximate surface area is 181 Å². The van der Waals surface area contributed by atoms with Gasteiger partial charge in [-0.2, -0.15) is 0 Å². The number of nitrogens with zero attached hydrogens (tertiary/aromatic N) is 3. The van der Waals surface area contributed by atoms with Crippen molar-refractivity contribution in [2.75, 3.05) is 26.2 Å². The summed E-state index contributed by atoms with van der Waals surface area (Å²) in [5.41, 5.74) is 2.32. The zero-order chi connectivity index (χ0) is 21.5. The molecule has 0 unspecified atom stereocenters. The Morgan fingerprint density at radius 1 is 0.967 bits per heavy atom. The Morgan fingerprint density at radius 2 is 1.57 bits per heavy atom. The Balaban J connectivity index is 1.49. The Bertz CT molecular complexity index is 770. The van der Waals surface area contributed by atoms with Gasteiger partial charge in [0, 0.05) is 32.2 Å². The van der Waals surface area contributed by atoms with E-state index in [9.17, 15) is 9.59 Å². The summed E-state index contributed by atoms with van der Waals surface area (Å²) in [6.07, 6.45) is 4.67. The van der Waals surface area contributed by atoms with Crippen molar-refractivity contribution in [3.05, 3.63) is 35.4 Å². The fraction of sp³-hybridized carbons (Fsp3) is 0.680. The number of likely N-dealkylation sites (tertiary alicyclic amines) is 1. The number of rotatable bonds is 6. The molecule has 3 amide bonds. The fourth-order valence-electron chi connectivity index (χ4n) is 5.54. The van der Waals surface area contributed by atoms with Crippen molar-refractivity contribution in [3.8, 4) is 0 Å². The molecule has 0 radical (unpaired) electrons. The molecule has 2 fully saturated rings. The summed E-state index contributed by atoms with van der Waals surface area (Å²) >= 11 is 0. The molecular formula is C25H37N3O2. The predicted octanol–water partition coefficient (Wildman–Crippen LogP) is 3.95. The second kappa shape index (κ2) is 8.33. The first-order valence-electron chi connectivity index (χ1n) is 11.8. The van der Waals surface area contributed by atoms with Gasteiger partial charge in [-0.1, -0.05) is 52.0 Å². The number of carbonyl (C=O) groups excluding carboxylic acids is 2. The van der Waals surface area contributed by atoms with Gasteiger partial charge in [-0.05, 0) is 55.1 Å². The Kier molecular flexibility index (Phi) is 5.93. The van der Waals surface area contributed by atoms with Crippen LogP contribution in [0.15, 0.2) is 24.3 Å². The summed E-state index contributed by atoms with van der Waals surface area (Å²) in [5, 5.41) is 0. The average molecular weight is 412 g/mol. The molecule has 0 saturated carbocycles. The molecule has 2 aliphatic heterocycles. The highest BCUT2D eigenvalue weighted by molar-refractivity contribution is 6.07. The number of hydrogen-bond donors (Lipinski definition) is 0. The summed E-state index contributed by atoms with van der Waals surface area (Å²) in [7, 11) is 0. The van der Waals surface area contributed by atoms with Gasteiger partial charge in [0.05, 0.1) is 0 Å². The molecular weight excluding hydrogens is 374 g/mol. The van der Waals surface area contributed by atoms with Crippen LogP contribution in [0.3, 0.4) is 0 Å². The molecule has 1 aliphatic carbocycles. The lowest BCUT2D eigenvalue weighted by molar-refractivity contribution is -0.136. The molecule has 0 atom stereocenters. The number of piperidine rings is 1. The molecule has 0 N–H and O–H groups in total. The van der Waals surface area contributed by atoms with Crippen LogP contribution in [0.25, 0.3) is 0 Å². The maximum absolute atomic E-state index is 13.5. The van der Waals surface area contributed by atoms with Crippen LogP contribution in [0, 0.1) is 11.8 Å². The van der Waals surface area contributed by atoms with E-state index in [2.05, 4.69) is 56.9 Å². The molecule has 4 rings (SSSR count). The first-order chi connectivity index (χ1) is 14.3. The highest BCUT2D eigenvalue weighted by Crippen LogP contribution is 2.39. The Morgan fingerprint density at radius 3 is 2.10 bits per heavy atom. The standard InChI is InChI=1S/C25H37N3O2/c1-18(2)9-12-28-24(30)27(17-19(3)4)23(29)25(28)10-13-26(14-11-25)22-15-20-7-5-6-8-21(20)16-22/h5-8,18-19,22H,9-17H2,1-4H3. The zero-order valence-corrected chi connectivity index (χ0v) is 19.1. The van der Waals surface area contributed by atoms with Crippen molar-refractivity contribution in [3.63, 3.8) is 0 Å². The molecule has 30 heavy (non-hydrogen) atoms. The van der Waals surface area contributed by atoms with Crippen molar-refractivity contribution in [1.29, 1.82) is 0 Å². The van der Waals surface area contributed by atoms with Gasteiger partial charge in [0.1, 0.15) is 5.54 Å². The van der Waals surface area contributed by atoms with Gasteiger partial charge in [0.25, 0.3) is 5.91 Å². The zero-order valence-electron chi connectivity index (χ0n) is 19.1. The van der Waals surface area contributed by atoms with Crippen molar-refractivity contribution < 1.29 is 9.59 Å². The van der Waals surface area contributed by atoms with E-state index in [0.717, 1.165) is 45.2 Å². The highest BCUT2D eigenvalue weighted by Gasteiger charge is 2.58. The number of fused-ring (bicyclic) bond motifs is 1. The van der Waals surface area contributed by atoms with Crippen molar-refractivity contribution >= 4 is 11.9 Å². The third-order valence-electron chi connectivity index (χ3n) is 7.27. The SMILES string of the molecule is CC(C)CCN1C(=O)N(CC(C)C)C(=O)C12CCN(C1Cc3ccccc3C1)CC2. The van der Waals surface area contributed by atoms with E-state index < -0.39 is 5.54 Å². The molecule has 5 nitrogen and oxygen atoms in total. The average Bonchev–Trinajstić information content (AvgIpc) is 3.22. The quantitative estimate of drug-likeness (QED) is 0.666. The number of imide groups is 1. The van der Waals surface area contributed by atoms with Gasteiger partial charge in [0.15, 0.2) is 0 Å². The maximum atomic E-state index is 13.5. The number of benzene rings is 1. The minimum atomic E-state index is -0.622. The van der Waals surface area contributed by atoms with E-state index >= 15 is 0 Å². The molecule has 1 aromatic carbocycles. The largest absolute Gasteiger partial charge is 0.327 e. The van der Waals surface area contributed by atoms with Crippen LogP contribution in [0.4, 0.5) is 4.79 Å². The minimum absolute atomic E-state index is 0.0549. The molecule has 5 heteroatoms. The number of urea groups is 1. The molecule has 164 valence electrons. The van der Waals surface area contributed by atoms with Crippen LogP contribution in [0.1, 0.15) is 58.1 Å². The molecule has 2 heterocycles. The van der Waals surface area contributed by atoms with Crippen LogP contribution < -0.4 is 0 Å². The van der Waals surface area contributed by atoms with E-state index in [1.54, 1.807) is 4.90 Å². The monoisotopic (exact) mass is 411 g/mol. The minimum Gasteiger partial charge on any atom is -0.309 e. The third-order valence-corrected chi connectivity index (χ3v) is 7.27. The summed E-state index contributed by atoms with van der Waals surface area (Å²) in [6, 6.07) is 9.23.